The first kappa shape index (κ1) is 20.3. The number of nitrogens with zero attached hydrogens (tertiary/aromatic N) is 1. The van der Waals surface area contributed by atoms with Crippen LogP contribution in [0.1, 0.15) is 47.2 Å². The second kappa shape index (κ2) is 8.39. The zero-order valence-electron chi connectivity index (χ0n) is 16.6. The Morgan fingerprint density at radius 3 is 2.57 bits per heavy atom. The van der Waals surface area contributed by atoms with Gasteiger partial charge in [0, 0.05) is 23.8 Å². The predicted octanol–water partition coefficient (Wildman–Crippen LogP) is 4.02. The molecule has 8 nitrogen and oxygen atoms in total. The summed E-state index contributed by atoms with van der Waals surface area (Å²) in [6.07, 6.45) is 2.47. The number of amides is 2. The number of carboxylic acid groups (broad SMARTS) is 1. The fourth-order valence-electron chi connectivity index (χ4n) is 4.05. The van der Waals surface area contributed by atoms with Crippen LogP contribution in [-0.2, 0) is 6.54 Å². The number of carbonyl (C=O) groups is 2. The Hall–Kier alpha value is -3.00. The van der Waals surface area contributed by atoms with Crippen molar-refractivity contribution in [2.75, 3.05) is 10.6 Å². The topological polar surface area (TPSA) is 115 Å². The first-order chi connectivity index (χ1) is 14.4. The van der Waals surface area contributed by atoms with Crippen molar-refractivity contribution in [1.29, 1.82) is 0 Å². The maximum Gasteiger partial charge on any atom is 0.404 e. The predicted molar refractivity (Wildman–Crippen MR) is 116 cm³/mol. The molecule has 0 spiro atoms. The van der Waals surface area contributed by atoms with Gasteiger partial charge in [-0.15, -0.1) is 0 Å². The van der Waals surface area contributed by atoms with Crippen molar-refractivity contribution < 1.29 is 14.7 Å². The molecule has 2 aliphatic rings. The van der Waals surface area contributed by atoms with Gasteiger partial charge in [0.2, 0.25) is 0 Å². The molecule has 9 heteroatoms. The lowest BCUT2D eigenvalue weighted by molar-refractivity contribution is 0.0966. The zero-order chi connectivity index (χ0) is 21.3. The van der Waals surface area contributed by atoms with E-state index < -0.39 is 6.09 Å². The SMILES string of the molecule is Cc1ccc(Nc2nc(NC3CCCCC3NC(=O)O)c(Cl)c3c2C(=O)NC3)cc1. The second-order valence-corrected chi connectivity index (χ2v) is 8.12. The van der Waals surface area contributed by atoms with Gasteiger partial charge in [-0.05, 0) is 31.9 Å². The summed E-state index contributed by atoms with van der Waals surface area (Å²) in [7, 11) is 0. The van der Waals surface area contributed by atoms with E-state index in [2.05, 4.69) is 26.3 Å². The number of benzene rings is 1. The smallest absolute Gasteiger partial charge is 0.404 e. The van der Waals surface area contributed by atoms with Crippen LogP contribution in [0.2, 0.25) is 5.02 Å². The lowest BCUT2D eigenvalue weighted by Gasteiger charge is -2.32. The Balaban J connectivity index is 1.67. The molecule has 2 atom stereocenters. The van der Waals surface area contributed by atoms with E-state index in [-0.39, 0.29) is 18.0 Å². The van der Waals surface area contributed by atoms with Crippen LogP contribution in [-0.4, -0.2) is 34.2 Å². The number of anilines is 3. The van der Waals surface area contributed by atoms with E-state index in [0.29, 0.717) is 34.3 Å². The molecule has 30 heavy (non-hydrogen) atoms. The summed E-state index contributed by atoms with van der Waals surface area (Å²) in [6.45, 7) is 2.33. The molecular formula is C21H24ClN5O3. The van der Waals surface area contributed by atoms with E-state index >= 15 is 0 Å². The number of pyridine rings is 1. The van der Waals surface area contributed by atoms with E-state index in [1.54, 1.807) is 0 Å². The number of carbonyl (C=O) groups excluding carboxylic acids is 1. The lowest BCUT2D eigenvalue weighted by Crippen LogP contribution is -2.48. The van der Waals surface area contributed by atoms with E-state index in [1.807, 2.05) is 31.2 Å². The van der Waals surface area contributed by atoms with Gasteiger partial charge in [0.05, 0.1) is 16.6 Å². The molecule has 4 rings (SSSR count). The minimum Gasteiger partial charge on any atom is -0.465 e. The van der Waals surface area contributed by atoms with Crippen molar-refractivity contribution in [3.8, 4) is 0 Å². The Morgan fingerprint density at radius 1 is 1.17 bits per heavy atom. The molecule has 1 aliphatic heterocycles. The van der Waals surface area contributed by atoms with Gasteiger partial charge in [0.15, 0.2) is 0 Å². The first-order valence-corrected chi connectivity index (χ1v) is 10.4. The Morgan fingerprint density at radius 2 is 1.87 bits per heavy atom. The quantitative estimate of drug-likeness (QED) is 0.490. The monoisotopic (exact) mass is 429 g/mol. The summed E-state index contributed by atoms with van der Waals surface area (Å²) in [4.78, 5) is 28.2. The van der Waals surface area contributed by atoms with Gasteiger partial charge in [0.25, 0.3) is 5.91 Å². The third kappa shape index (κ3) is 4.14. The van der Waals surface area contributed by atoms with Gasteiger partial charge in [-0.25, -0.2) is 9.78 Å². The van der Waals surface area contributed by atoms with Crippen molar-refractivity contribution in [2.24, 2.45) is 0 Å². The van der Waals surface area contributed by atoms with E-state index in [1.165, 1.54) is 0 Å². The third-order valence-corrected chi connectivity index (χ3v) is 6.01. The van der Waals surface area contributed by atoms with E-state index in [4.69, 9.17) is 16.7 Å². The molecule has 158 valence electrons. The van der Waals surface area contributed by atoms with Crippen LogP contribution >= 0.6 is 11.6 Å². The van der Waals surface area contributed by atoms with Crippen molar-refractivity contribution in [3.05, 3.63) is 46.0 Å². The van der Waals surface area contributed by atoms with Gasteiger partial charge >= 0.3 is 6.09 Å². The van der Waals surface area contributed by atoms with Crippen LogP contribution in [0.3, 0.4) is 0 Å². The number of fused-ring (bicyclic) bond motifs is 1. The van der Waals surface area contributed by atoms with Crippen molar-refractivity contribution in [1.82, 2.24) is 15.6 Å². The van der Waals surface area contributed by atoms with Crippen molar-refractivity contribution >= 4 is 40.9 Å². The molecule has 0 saturated heterocycles. The largest absolute Gasteiger partial charge is 0.465 e. The molecule has 1 aromatic carbocycles. The molecule has 2 heterocycles. The molecule has 2 amide bonds. The third-order valence-electron chi connectivity index (χ3n) is 5.60. The number of rotatable bonds is 5. The maximum absolute atomic E-state index is 12.4. The summed E-state index contributed by atoms with van der Waals surface area (Å²) < 4.78 is 0. The standard InChI is InChI=1S/C21H24ClN5O3/c1-11-6-8-12(9-7-11)24-18-16-13(10-23-20(16)28)17(22)19(27-18)25-14-4-2-3-5-15(14)26-21(29)30/h6-9,14-15,26H,2-5,10H2,1H3,(H,23,28)(H,29,30)(H2,24,25,27). The van der Waals surface area contributed by atoms with Crippen LogP contribution in [0.25, 0.3) is 0 Å². The van der Waals surface area contributed by atoms with Crippen molar-refractivity contribution in [2.45, 2.75) is 51.2 Å². The number of nitrogens with one attached hydrogen (secondary N) is 4. The lowest BCUT2D eigenvalue weighted by atomic mass is 9.90. The molecule has 1 aliphatic carbocycles. The Labute approximate surface area is 179 Å². The highest BCUT2D eigenvalue weighted by Crippen LogP contribution is 2.36. The number of hydrogen-bond acceptors (Lipinski definition) is 5. The van der Waals surface area contributed by atoms with Gasteiger partial charge < -0.3 is 26.4 Å². The summed E-state index contributed by atoms with van der Waals surface area (Å²) in [5, 5.41) is 21.5. The summed E-state index contributed by atoms with van der Waals surface area (Å²) in [5.74, 6) is 0.656. The van der Waals surface area contributed by atoms with Crippen molar-refractivity contribution in [3.63, 3.8) is 0 Å². The first-order valence-electron chi connectivity index (χ1n) is 10.0. The summed E-state index contributed by atoms with van der Waals surface area (Å²) >= 11 is 6.61. The highest BCUT2D eigenvalue weighted by molar-refractivity contribution is 6.34. The molecule has 1 aromatic heterocycles. The zero-order valence-corrected chi connectivity index (χ0v) is 17.3. The molecule has 5 N–H and O–H groups in total. The van der Waals surface area contributed by atoms with Crippen LogP contribution in [0.15, 0.2) is 24.3 Å². The van der Waals surface area contributed by atoms with Gasteiger partial charge in [-0.3, -0.25) is 4.79 Å². The van der Waals surface area contributed by atoms with Crippen LogP contribution in [0.5, 0.6) is 0 Å². The summed E-state index contributed by atoms with van der Waals surface area (Å²) in [5.41, 5.74) is 3.07. The molecule has 1 saturated carbocycles. The highest BCUT2D eigenvalue weighted by atomic mass is 35.5. The van der Waals surface area contributed by atoms with Crippen LogP contribution in [0.4, 0.5) is 22.1 Å². The normalized spacial score (nSPS) is 20.3. The van der Waals surface area contributed by atoms with Gasteiger partial charge in [-0.1, -0.05) is 42.1 Å². The van der Waals surface area contributed by atoms with E-state index in [0.717, 1.165) is 36.9 Å². The van der Waals surface area contributed by atoms with Gasteiger partial charge in [0.1, 0.15) is 11.6 Å². The number of aryl methyl sites for hydroxylation is 1. The summed E-state index contributed by atoms with van der Waals surface area (Å²) in [6, 6.07) is 7.44. The number of aromatic nitrogens is 1. The maximum atomic E-state index is 12.4. The second-order valence-electron chi connectivity index (χ2n) is 7.74. The molecule has 1 fully saturated rings. The molecule has 2 aromatic rings. The molecule has 0 radical (unpaired) electrons. The fourth-order valence-corrected chi connectivity index (χ4v) is 4.31. The van der Waals surface area contributed by atoms with E-state index in [9.17, 15) is 9.59 Å². The number of halogens is 1. The van der Waals surface area contributed by atoms with Crippen LogP contribution < -0.4 is 21.3 Å². The number of hydrogen-bond donors (Lipinski definition) is 5. The average Bonchev–Trinajstić information content (AvgIpc) is 3.10. The molecular weight excluding hydrogens is 406 g/mol. The Bertz CT molecular complexity index is 980. The fraction of sp³-hybridized carbons (Fsp3) is 0.381. The Kier molecular flexibility index (Phi) is 5.67. The molecule has 2 unspecified atom stereocenters. The minimum atomic E-state index is -1.04. The molecule has 0 bridgehead atoms. The van der Waals surface area contributed by atoms with Crippen LogP contribution in [0, 0.1) is 6.92 Å². The van der Waals surface area contributed by atoms with Gasteiger partial charge in [-0.2, -0.15) is 0 Å². The minimum absolute atomic E-state index is 0.129. The highest BCUT2D eigenvalue weighted by Gasteiger charge is 2.32. The average molecular weight is 430 g/mol.